The van der Waals surface area contributed by atoms with Crippen molar-refractivity contribution in [3.05, 3.63) is 101 Å². The molecule has 3 aromatic rings. The van der Waals surface area contributed by atoms with E-state index in [0.717, 1.165) is 32.8 Å². The highest BCUT2D eigenvalue weighted by Gasteiger charge is 2.34. The molecule has 0 spiro atoms. The Balaban J connectivity index is 2.08. The van der Waals surface area contributed by atoms with Gasteiger partial charge in [-0.25, -0.2) is 8.42 Å². The summed E-state index contributed by atoms with van der Waals surface area (Å²) in [5, 5.41) is 3.03. The quantitative estimate of drug-likeness (QED) is 0.400. The topological polar surface area (TPSA) is 86.8 Å². The van der Waals surface area contributed by atoms with Gasteiger partial charge in [0.2, 0.25) is 21.8 Å². The van der Waals surface area contributed by atoms with Gasteiger partial charge in [0.15, 0.2) is 0 Å². The van der Waals surface area contributed by atoms with E-state index >= 15 is 0 Å². The number of anilines is 1. The van der Waals surface area contributed by atoms with Gasteiger partial charge in [0.1, 0.15) is 12.6 Å². The fraction of sp³-hybridized carbons (Fsp3) is 0.355. The van der Waals surface area contributed by atoms with E-state index in [1.165, 1.54) is 4.90 Å². The summed E-state index contributed by atoms with van der Waals surface area (Å²) in [6, 6.07) is 23.4. The van der Waals surface area contributed by atoms with Crippen molar-refractivity contribution >= 4 is 27.5 Å². The average Bonchev–Trinajstić information content (AvgIpc) is 2.83. The zero-order valence-corrected chi connectivity index (χ0v) is 24.5. The fourth-order valence-electron chi connectivity index (χ4n) is 4.41. The number of carbonyl (C=O) groups is 2. The molecule has 8 heteroatoms. The van der Waals surface area contributed by atoms with Crippen LogP contribution in [0.4, 0.5) is 5.69 Å². The second-order valence-electron chi connectivity index (χ2n) is 11.1. The smallest absolute Gasteiger partial charge is 0.244 e. The van der Waals surface area contributed by atoms with Gasteiger partial charge in [0.25, 0.3) is 0 Å². The maximum Gasteiger partial charge on any atom is 0.244 e. The van der Waals surface area contributed by atoms with Gasteiger partial charge in [-0.2, -0.15) is 0 Å². The van der Waals surface area contributed by atoms with E-state index < -0.39 is 34.1 Å². The van der Waals surface area contributed by atoms with E-state index in [-0.39, 0.29) is 18.9 Å². The number of nitrogens with one attached hydrogen (secondary N) is 1. The minimum absolute atomic E-state index is 0.154. The van der Waals surface area contributed by atoms with Crippen molar-refractivity contribution in [2.75, 3.05) is 17.1 Å². The molecule has 1 N–H and O–H groups in total. The Morgan fingerprint density at radius 3 is 2.00 bits per heavy atom. The van der Waals surface area contributed by atoms with Crippen molar-refractivity contribution in [2.45, 2.75) is 59.2 Å². The standard InChI is InChI=1S/C31H39N3O4S/c1-23-12-10-16-26(18-23)21-33(28(30(36)32-31(3,4)5)20-25-14-8-7-9-15-25)29(35)22-34(39(6,37)38)27-17-11-13-24(2)19-27/h7-19,28H,20-22H2,1-6H3,(H,32,36)/t28-/m0/s1. The monoisotopic (exact) mass is 549 g/mol. The lowest BCUT2D eigenvalue weighted by molar-refractivity contribution is -0.140. The Bertz CT molecular complexity index is 1400. The largest absolute Gasteiger partial charge is 0.350 e. The predicted octanol–water partition coefficient (Wildman–Crippen LogP) is 4.62. The highest BCUT2D eigenvalue weighted by molar-refractivity contribution is 7.92. The molecule has 0 saturated carbocycles. The van der Waals surface area contributed by atoms with Crippen LogP contribution in [0.25, 0.3) is 0 Å². The van der Waals surface area contributed by atoms with Gasteiger partial charge in [0.05, 0.1) is 11.9 Å². The Morgan fingerprint density at radius 2 is 1.44 bits per heavy atom. The van der Waals surface area contributed by atoms with E-state index in [1.807, 2.05) is 95.3 Å². The maximum atomic E-state index is 14.1. The number of hydrogen-bond acceptors (Lipinski definition) is 4. The summed E-state index contributed by atoms with van der Waals surface area (Å²) in [5.41, 5.74) is 3.52. The molecule has 0 aliphatic rings. The van der Waals surface area contributed by atoms with Crippen LogP contribution in [-0.4, -0.2) is 49.5 Å². The van der Waals surface area contributed by atoms with Gasteiger partial charge >= 0.3 is 0 Å². The van der Waals surface area contributed by atoms with Crippen LogP contribution in [0.15, 0.2) is 78.9 Å². The number of nitrogens with zero attached hydrogens (tertiary/aromatic N) is 2. The summed E-state index contributed by atoms with van der Waals surface area (Å²) in [7, 11) is -3.79. The number of amides is 2. The van der Waals surface area contributed by atoms with Crippen molar-refractivity contribution in [3.63, 3.8) is 0 Å². The molecule has 7 nitrogen and oxygen atoms in total. The van der Waals surface area contributed by atoms with Crippen LogP contribution in [0.3, 0.4) is 0 Å². The molecule has 0 saturated heterocycles. The lowest BCUT2D eigenvalue weighted by Crippen LogP contribution is -2.56. The molecular formula is C31H39N3O4S. The zero-order chi connectivity index (χ0) is 28.8. The predicted molar refractivity (Wildman–Crippen MR) is 157 cm³/mol. The van der Waals surface area contributed by atoms with E-state index in [0.29, 0.717) is 5.69 Å². The molecule has 0 aromatic heterocycles. The van der Waals surface area contributed by atoms with Crippen molar-refractivity contribution in [3.8, 4) is 0 Å². The van der Waals surface area contributed by atoms with Crippen LogP contribution in [0.2, 0.25) is 0 Å². The fourth-order valence-corrected chi connectivity index (χ4v) is 5.25. The van der Waals surface area contributed by atoms with Gasteiger partial charge in [-0.05, 0) is 63.4 Å². The first-order valence-electron chi connectivity index (χ1n) is 13.0. The van der Waals surface area contributed by atoms with Crippen molar-refractivity contribution < 1.29 is 18.0 Å². The molecule has 0 aliphatic carbocycles. The van der Waals surface area contributed by atoms with E-state index in [2.05, 4.69) is 5.32 Å². The van der Waals surface area contributed by atoms with Crippen LogP contribution in [0.1, 0.15) is 43.0 Å². The zero-order valence-electron chi connectivity index (χ0n) is 23.6. The molecule has 39 heavy (non-hydrogen) atoms. The average molecular weight is 550 g/mol. The van der Waals surface area contributed by atoms with Crippen LogP contribution in [-0.2, 0) is 32.6 Å². The Labute approximate surface area is 232 Å². The number of hydrogen-bond donors (Lipinski definition) is 1. The number of aryl methyl sites for hydroxylation is 2. The summed E-state index contributed by atoms with van der Waals surface area (Å²) < 4.78 is 26.8. The van der Waals surface area contributed by atoms with Gasteiger partial charge in [-0.15, -0.1) is 0 Å². The highest BCUT2D eigenvalue weighted by Crippen LogP contribution is 2.22. The molecule has 0 heterocycles. The first-order chi connectivity index (χ1) is 18.2. The SMILES string of the molecule is Cc1cccc(CN(C(=O)CN(c2cccc(C)c2)S(C)(=O)=O)[C@@H](Cc2ccccc2)C(=O)NC(C)(C)C)c1. The van der Waals surface area contributed by atoms with Gasteiger partial charge < -0.3 is 10.2 Å². The van der Waals surface area contributed by atoms with Gasteiger partial charge in [0, 0.05) is 18.5 Å². The maximum absolute atomic E-state index is 14.1. The Morgan fingerprint density at radius 1 is 0.846 bits per heavy atom. The van der Waals surface area contributed by atoms with E-state index in [1.54, 1.807) is 18.2 Å². The van der Waals surface area contributed by atoms with Gasteiger partial charge in [-0.3, -0.25) is 13.9 Å². The summed E-state index contributed by atoms with van der Waals surface area (Å²) in [4.78, 5) is 29.3. The number of benzene rings is 3. The molecule has 2 amide bonds. The highest BCUT2D eigenvalue weighted by atomic mass is 32.2. The molecule has 0 fully saturated rings. The van der Waals surface area contributed by atoms with Crippen LogP contribution in [0, 0.1) is 13.8 Å². The van der Waals surface area contributed by atoms with Crippen molar-refractivity contribution in [2.24, 2.45) is 0 Å². The first kappa shape index (κ1) is 29.9. The number of rotatable bonds is 10. The van der Waals surface area contributed by atoms with E-state index in [4.69, 9.17) is 0 Å². The van der Waals surface area contributed by atoms with Crippen LogP contribution >= 0.6 is 0 Å². The molecule has 208 valence electrons. The van der Waals surface area contributed by atoms with E-state index in [9.17, 15) is 18.0 Å². The summed E-state index contributed by atoms with van der Waals surface area (Å²) in [6.45, 7) is 9.22. The Hall–Kier alpha value is -3.65. The lowest BCUT2D eigenvalue weighted by Gasteiger charge is -2.35. The lowest BCUT2D eigenvalue weighted by atomic mass is 10.0. The third-order valence-corrected chi connectivity index (χ3v) is 7.31. The second-order valence-corrected chi connectivity index (χ2v) is 13.0. The Kier molecular flexibility index (Phi) is 9.56. The third kappa shape index (κ3) is 8.96. The van der Waals surface area contributed by atoms with Gasteiger partial charge in [-0.1, -0.05) is 72.3 Å². The number of sulfonamides is 1. The van der Waals surface area contributed by atoms with Crippen LogP contribution in [0.5, 0.6) is 0 Å². The molecular weight excluding hydrogens is 510 g/mol. The minimum Gasteiger partial charge on any atom is -0.350 e. The van der Waals surface area contributed by atoms with Crippen molar-refractivity contribution in [1.29, 1.82) is 0 Å². The molecule has 0 unspecified atom stereocenters. The third-order valence-electron chi connectivity index (χ3n) is 6.17. The summed E-state index contributed by atoms with van der Waals surface area (Å²) >= 11 is 0. The molecule has 1 atom stereocenters. The molecule has 3 aromatic carbocycles. The molecule has 0 radical (unpaired) electrons. The normalized spacial score (nSPS) is 12.5. The molecule has 0 aliphatic heterocycles. The van der Waals surface area contributed by atoms with Crippen molar-refractivity contribution in [1.82, 2.24) is 10.2 Å². The van der Waals surface area contributed by atoms with Crippen LogP contribution < -0.4 is 9.62 Å². The minimum atomic E-state index is -3.79. The summed E-state index contributed by atoms with van der Waals surface area (Å²) in [5.74, 6) is -0.762. The number of carbonyl (C=O) groups excluding carboxylic acids is 2. The molecule has 3 rings (SSSR count). The summed E-state index contributed by atoms with van der Waals surface area (Å²) in [6.07, 6.45) is 1.37. The second kappa shape index (κ2) is 12.5. The molecule has 0 bridgehead atoms. The first-order valence-corrected chi connectivity index (χ1v) is 14.8.